The van der Waals surface area contributed by atoms with E-state index >= 15 is 0 Å². The van der Waals surface area contributed by atoms with Crippen LogP contribution in [0.3, 0.4) is 0 Å². The maximum absolute atomic E-state index is 11.5. The minimum Gasteiger partial charge on any atom is -0.324 e. The van der Waals surface area contributed by atoms with Gasteiger partial charge in [-0.05, 0) is 42.5 Å². The molecule has 5 aromatic rings. The average Bonchev–Trinajstić information content (AvgIpc) is 3.12. The summed E-state index contributed by atoms with van der Waals surface area (Å²) < 4.78 is 0. The molecular weight excluding hydrogens is 404 g/mol. The maximum atomic E-state index is 11.5. The van der Waals surface area contributed by atoms with E-state index in [-0.39, 0.29) is 11.1 Å². The lowest BCUT2D eigenvalue weighted by Gasteiger charge is -2.18. The van der Waals surface area contributed by atoms with E-state index in [4.69, 9.17) is 0 Å². The van der Waals surface area contributed by atoms with Gasteiger partial charge in [-0.2, -0.15) is 15.0 Å². The SMILES string of the molecule is CC(C)(C)c1nc(Nc2ccc3ncccc3c2)nc(Nc2ccc3[nH]c(=O)[nH]c3c2)n1. The van der Waals surface area contributed by atoms with Crippen LogP contribution in [0.4, 0.5) is 23.3 Å². The van der Waals surface area contributed by atoms with Gasteiger partial charge in [0.05, 0.1) is 16.6 Å². The Labute approximate surface area is 183 Å². The molecule has 5 rings (SSSR count). The zero-order valence-corrected chi connectivity index (χ0v) is 17.9. The highest BCUT2D eigenvalue weighted by atomic mass is 16.1. The van der Waals surface area contributed by atoms with E-state index in [2.05, 4.69) is 40.5 Å². The van der Waals surface area contributed by atoms with Crippen LogP contribution in [0.2, 0.25) is 0 Å². The fraction of sp³-hybridized carbons (Fsp3) is 0.174. The minimum atomic E-state index is -0.279. The van der Waals surface area contributed by atoms with Crippen LogP contribution in [0, 0.1) is 0 Å². The lowest BCUT2D eigenvalue weighted by atomic mass is 9.96. The fourth-order valence-electron chi connectivity index (χ4n) is 3.35. The first-order chi connectivity index (χ1) is 15.3. The third-order valence-corrected chi connectivity index (χ3v) is 4.94. The summed E-state index contributed by atoms with van der Waals surface area (Å²) >= 11 is 0. The normalized spacial score (nSPS) is 11.7. The predicted molar refractivity (Wildman–Crippen MR) is 126 cm³/mol. The number of hydrogen-bond donors (Lipinski definition) is 4. The average molecular weight is 426 g/mol. The van der Waals surface area contributed by atoms with Crippen LogP contribution in [-0.4, -0.2) is 29.9 Å². The molecule has 0 radical (unpaired) electrons. The fourth-order valence-corrected chi connectivity index (χ4v) is 3.35. The molecule has 0 bridgehead atoms. The number of nitrogens with zero attached hydrogens (tertiary/aromatic N) is 4. The molecule has 0 fully saturated rings. The van der Waals surface area contributed by atoms with Crippen molar-refractivity contribution in [2.45, 2.75) is 26.2 Å². The molecular formula is C23H22N8O. The van der Waals surface area contributed by atoms with Gasteiger partial charge in [0.25, 0.3) is 0 Å². The van der Waals surface area contributed by atoms with Crippen molar-refractivity contribution >= 4 is 45.2 Å². The molecule has 0 amide bonds. The number of benzene rings is 2. The number of imidazole rings is 1. The summed E-state index contributed by atoms with van der Waals surface area (Å²) in [5.74, 6) is 1.50. The topological polar surface area (TPSA) is 124 Å². The van der Waals surface area contributed by atoms with Crippen molar-refractivity contribution in [3.8, 4) is 0 Å². The molecule has 0 saturated carbocycles. The number of nitrogens with one attached hydrogen (secondary N) is 4. The summed E-state index contributed by atoms with van der Waals surface area (Å²) in [6.07, 6.45) is 1.77. The zero-order chi connectivity index (χ0) is 22.3. The molecule has 0 unspecified atom stereocenters. The van der Waals surface area contributed by atoms with Crippen LogP contribution in [0.1, 0.15) is 26.6 Å². The summed E-state index contributed by atoms with van der Waals surface area (Å²) in [6, 6.07) is 15.3. The maximum Gasteiger partial charge on any atom is 0.323 e. The van der Waals surface area contributed by atoms with E-state index in [1.54, 1.807) is 6.20 Å². The van der Waals surface area contributed by atoms with Crippen molar-refractivity contribution < 1.29 is 0 Å². The molecule has 0 aliphatic heterocycles. The lowest BCUT2D eigenvalue weighted by Crippen LogP contribution is -2.19. The number of aromatic amines is 2. The molecule has 4 N–H and O–H groups in total. The number of pyridine rings is 1. The highest BCUT2D eigenvalue weighted by Crippen LogP contribution is 2.25. The zero-order valence-electron chi connectivity index (χ0n) is 17.9. The van der Waals surface area contributed by atoms with E-state index < -0.39 is 0 Å². The molecule has 160 valence electrons. The smallest absolute Gasteiger partial charge is 0.323 e. The van der Waals surface area contributed by atoms with Crippen LogP contribution in [0.25, 0.3) is 21.9 Å². The van der Waals surface area contributed by atoms with Gasteiger partial charge in [0.15, 0.2) is 0 Å². The van der Waals surface area contributed by atoms with Crippen LogP contribution in [-0.2, 0) is 5.41 Å². The molecule has 0 aliphatic carbocycles. The van der Waals surface area contributed by atoms with Crippen molar-refractivity contribution in [1.29, 1.82) is 0 Å². The third-order valence-electron chi connectivity index (χ3n) is 4.94. The van der Waals surface area contributed by atoms with Crippen LogP contribution in [0.5, 0.6) is 0 Å². The van der Waals surface area contributed by atoms with Crippen molar-refractivity contribution in [2.24, 2.45) is 0 Å². The van der Waals surface area contributed by atoms with Gasteiger partial charge in [-0.1, -0.05) is 26.8 Å². The van der Waals surface area contributed by atoms with Crippen LogP contribution >= 0.6 is 0 Å². The van der Waals surface area contributed by atoms with Crippen molar-refractivity contribution in [3.05, 3.63) is 71.0 Å². The van der Waals surface area contributed by atoms with Gasteiger partial charge in [0.1, 0.15) is 5.82 Å². The monoisotopic (exact) mass is 426 g/mol. The molecule has 3 heterocycles. The Morgan fingerprint density at radius 2 is 1.50 bits per heavy atom. The molecule has 9 heteroatoms. The van der Waals surface area contributed by atoms with Gasteiger partial charge in [-0.3, -0.25) is 4.98 Å². The van der Waals surface area contributed by atoms with Gasteiger partial charge >= 0.3 is 5.69 Å². The first kappa shape index (κ1) is 19.7. The van der Waals surface area contributed by atoms with Crippen LogP contribution in [0.15, 0.2) is 59.5 Å². The van der Waals surface area contributed by atoms with Crippen molar-refractivity contribution in [2.75, 3.05) is 10.6 Å². The Kier molecular flexibility index (Phi) is 4.58. The molecule has 32 heavy (non-hydrogen) atoms. The second-order valence-electron chi connectivity index (χ2n) is 8.56. The summed E-state index contributed by atoms with van der Waals surface area (Å²) in [5.41, 5.74) is 3.44. The number of aromatic nitrogens is 6. The standard InChI is InChI=1S/C23H22N8O/c1-23(2,3)19-29-20(25-14-6-8-16-13(11-14)5-4-10-24-16)31-21(30-19)26-15-7-9-17-18(12-15)28-22(32)27-17/h4-12H,1-3H3,(H2,27,28,32)(H2,25,26,29,30,31). The molecule has 0 aliphatic rings. The third kappa shape index (κ3) is 4.00. The highest BCUT2D eigenvalue weighted by molar-refractivity contribution is 5.83. The Morgan fingerprint density at radius 1 is 0.812 bits per heavy atom. The summed E-state index contributed by atoms with van der Waals surface area (Å²) in [5, 5.41) is 7.53. The largest absolute Gasteiger partial charge is 0.324 e. The van der Waals surface area contributed by atoms with E-state index in [0.29, 0.717) is 23.2 Å². The summed E-state index contributed by atoms with van der Waals surface area (Å²) in [6.45, 7) is 6.15. The van der Waals surface area contributed by atoms with Crippen molar-refractivity contribution in [1.82, 2.24) is 29.9 Å². The molecule has 0 spiro atoms. The number of hydrogen-bond acceptors (Lipinski definition) is 7. The summed E-state index contributed by atoms with van der Waals surface area (Å²) in [4.78, 5) is 35.2. The Bertz CT molecular complexity index is 1500. The molecule has 0 saturated heterocycles. The van der Waals surface area contributed by atoms with E-state index in [1.807, 2.05) is 69.3 Å². The number of rotatable bonds is 4. The second kappa shape index (κ2) is 7.45. The quantitative estimate of drug-likeness (QED) is 0.336. The number of H-pyrrole nitrogens is 2. The molecule has 3 aromatic heterocycles. The number of fused-ring (bicyclic) bond motifs is 2. The molecule has 9 nitrogen and oxygen atoms in total. The molecule has 2 aromatic carbocycles. The number of anilines is 4. The lowest BCUT2D eigenvalue weighted by molar-refractivity contribution is 0.544. The van der Waals surface area contributed by atoms with Gasteiger partial charge in [0, 0.05) is 28.4 Å². The second-order valence-corrected chi connectivity index (χ2v) is 8.56. The molecule has 0 atom stereocenters. The Balaban J connectivity index is 1.50. The minimum absolute atomic E-state index is 0.246. The summed E-state index contributed by atoms with van der Waals surface area (Å²) in [7, 11) is 0. The van der Waals surface area contributed by atoms with Crippen LogP contribution < -0.4 is 16.3 Å². The first-order valence-electron chi connectivity index (χ1n) is 10.2. The van der Waals surface area contributed by atoms with E-state index in [1.165, 1.54) is 0 Å². The Hall–Kier alpha value is -4.27. The van der Waals surface area contributed by atoms with E-state index in [0.717, 1.165) is 27.8 Å². The predicted octanol–water partition coefficient (Wildman–Crippen LogP) is 4.37. The van der Waals surface area contributed by atoms with E-state index in [9.17, 15) is 4.79 Å². The highest BCUT2D eigenvalue weighted by Gasteiger charge is 2.20. The van der Waals surface area contributed by atoms with Gasteiger partial charge < -0.3 is 20.6 Å². The first-order valence-corrected chi connectivity index (χ1v) is 10.2. The van der Waals surface area contributed by atoms with Crippen molar-refractivity contribution in [3.63, 3.8) is 0 Å². The van der Waals surface area contributed by atoms with Gasteiger partial charge in [-0.15, -0.1) is 0 Å². The van der Waals surface area contributed by atoms with Gasteiger partial charge in [0.2, 0.25) is 11.9 Å². The van der Waals surface area contributed by atoms with Gasteiger partial charge in [-0.25, -0.2) is 4.79 Å². The Morgan fingerprint density at radius 3 is 2.25 bits per heavy atom.